The zero-order chi connectivity index (χ0) is 15.5. The molecule has 4 heteroatoms. The fraction of sp³-hybridized carbons (Fsp3) is 0.588. The van der Waals surface area contributed by atoms with Gasteiger partial charge in [-0.25, -0.2) is 0 Å². The fourth-order valence-corrected chi connectivity index (χ4v) is 2.78. The molecule has 1 amide bonds. The summed E-state index contributed by atoms with van der Waals surface area (Å²) in [6.45, 7) is 8.68. The third-order valence-corrected chi connectivity index (χ3v) is 3.74. The maximum atomic E-state index is 12.7. The SMILES string of the molecule is COc1ccccc1C1CNCCN1C(=O)CC(C)(C)C. The first-order valence-corrected chi connectivity index (χ1v) is 7.55. The van der Waals surface area contributed by atoms with Crippen LogP contribution < -0.4 is 10.1 Å². The molecule has 116 valence electrons. The van der Waals surface area contributed by atoms with Crippen molar-refractivity contribution in [2.45, 2.75) is 33.2 Å². The van der Waals surface area contributed by atoms with Gasteiger partial charge in [0.05, 0.1) is 13.2 Å². The van der Waals surface area contributed by atoms with Crippen LogP contribution in [0, 0.1) is 5.41 Å². The molecule has 0 aromatic heterocycles. The summed E-state index contributed by atoms with van der Waals surface area (Å²) in [6, 6.07) is 8.01. The Morgan fingerprint density at radius 2 is 2.10 bits per heavy atom. The van der Waals surface area contributed by atoms with Crippen LogP contribution in [0.4, 0.5) is 0 Å². The van der Waals surface area contributed by atoms with Gasteiger partial charge in [0.25, 0.3) is 0 Å². The van der Waals surface area contributed by atoms with Crippen molar-refractivity contribution in [2.24, 2.45) is 5.41 Å². The van der Waals surface area contributed by atoms with E-state index in [0.717, 1.165) is 30.9 Å². The number of carbonyl (C=O) groups excluding carboxylic acids is 1. The van der Waals surface area contributed by atoms with Crippen molar-refractivity contribution >= 4 is 5.91 Å². The van der Waals surface area contributed by atoms with Crippen LogP contribution in [0.25, 0.3) is 0 Å². The average Bonchev–Trinajstić information content (AvgIpc) is 2.45. The highest BCUT2D eigenvalue weighted by molar-refractivity contribution is 5.77. The molecule has 1 aliphatic rings. The van der Waals surface area contributed by atoms with Gasteiger partial charge in [0.15, 0.2) is 0 Å². The Kier molecular flexibility index (Phi) is 4.88. The van der Waals surface area contributed by atoms with Gasteiger partial charge in [-0.3, -0.25) is 4.79 Å². The fourth-order valence-electron chi connectivity index (χ4n) is 2.78. The number of carbonyl (C=O) groups is 1. The summed E-state index contributed by atoms with van der Waals surface area (Å²) in [7, 11) is 1.68. The van der Waals surface area contributed by atoms with Gasteiger partial charge in [-0.2, -0.15) is 0 Å². The number of piperazine rings is 1. The molecule has 1 atom stereocenters. The minimum Gasteiger partial charge on any atom is -0.496 e. The Morgan fingerprint density at radius 3 is 2.76 bits per heavy atom. The highest BCUT2D eigenvalue weighted by Crippen LogP contribution is 2.32. The van der Waals surface area contributed by atoms with Gasteiger partial charge >= 0.3 is 0 Å². The molecule has 0 bridgehead atoms. The molecule has 4 nitrogen and oxygen atoms in total. The molecule has 21 heavy (non-hydrogen) atoms. The van der Waals surface area contributed by atoms with E-state index < -0.39 is 0 Å². The molecule has 1 unspecified atom stereocenters. The number of ether oxygens (including phenoxy) is 1. The number of benzene rings is 1. The molecule has 1 aromatic carbocycles. The predicted octanol–water partition coefficient (Wildman–Crippen LogP) is 2.60. The van der Waals surface area contributed by atoms with Gasteiger partial charge in [0.2, 0.25) is 5.91 Å². The van der Waals surface area contributed by atoms with Crippen LogP contribution in [0.3, 0.4) is 0 Å². The molecule has 0 spiro atoms. The highest BCUT2D eigenvalue weighted by atomic mass is 16.5. The van der Waals surface area contributed by atoms with Crippen molar-refractivity contribution < 1.29 is 9.53 Å². The first kappa shape index (κ1) is 15.8. The van der Waals surface area contributed by atoms with E-state index in [4.69, 9.17) is 4.74 Å². The second-order valence-corrected chi connectivity index (χ2v) is 6.79. The van der Waals surface area contributed by atoms with E-state index in [1.54, 1.807) is 7.11 Å². The number of hydrogen-bond donors (Lipinski definition) is 1. The number of para-hydroxylation sites is 1. The number of nitrogens with zero attached hydrogens (tertiary/aromatic N) is 1. The third kappa shape index (κ3) is 3.97. The monoisotopic (exact) mass is 290 g/mol. The maximum absolute atomic E-state index is 12.7. The minimum absolute atomic E-state index is 0.00723. The highest BCUT2D eigenvalue weighted by Gasteiger charge is 2.31. The van der Waals surface area contributed by atoms with Crippen LogP contribution in [0.1, 0.15) is 38.8 Å². The van der Waals surface area contributed by atoms with E-state index in [1.807, 2.05) is 29.2 Å². The Hall–Kier alpha value is -1.55. The van der Waals surface area contributed by atoms with Crippen LogP contribution in [0.15, 0.2) is 24.3 Å². The number of nitrogens with one attached hydrogen (secondary N) is 1. The van der Waals surface area contributed by atoms with Crippen molar-refractivity contribution in [3.63, 3.8) is 0 Å². The van der Waals surface area contributed by atoms with Crippen LogP contribution in [0.2, 0.25) is 0 Å². The molecule has 0 aliphatic carbocycles. The van der Waals surface area contributed by atoms with Gasteiger partial charge in [-0.1, -0.05) is 39.0 Å². The van der Waals surface area contributed by atoms with Crippen molar-refractivity contribution in [1.29, 1.82) is 0 Å². The van der Waals surface area contributed by atoms with E-state index in [-0.39, 0.29) is 17.4 Å². The van der Waals surface area contributed by atoms with E-state index in [1.165, 1.54) is 0 Å². The second kappa shape index (κ2) is 6.48. The van der Waals surface area contributed by atoms with Gasteiger partial charge in [0.1, 0.15) is 5.75 Å². The number of amides is 1. The number of methoxy groups -OCH3 is 1. The smallest absolute Gasteiger partial charge is 0.223 e. The molecule has 1 aliphatic heterocycles. The standard InChI is InChI=1S/C17H26N2O2/c1-17(2,3)11-16(20)19-10-9-18-12-14(19)13-7-5-6-8-15(13)21-4/h5-8,14,18H,9-12H2,1-4H3. The van der Waals surface area contributed by atoms with Gasteiger partial charge in [-0.15, -0.1) is 0 Å². The Labute approximate surface area is 127 Å². The Balaban J connectivity index is 2.25. The summed E-state index contributed by atoms with van der Waals surface area (Å²) < 4.78 is 5.46. The maximum Gasteiger partial charge on any atom is 0.223 e. The Morgan fingerprint density at radius 1 is 1.38 bits per heavy atom. The quantitative estimate of drug-likeness (QED) is 0.930. The first-order valence-electron chi connectivity index (χ1n) is 7.55. The summed E-state index contributed by atoms with van der Waals surface area (Å²) in [5.74, 6) is 1.07. The summed E-state index contributed by atoms with van der Waals surface area (Å²) in [5, 5.41) is 3.38. The number of hydrogen-bond acceptors (Lipinski definition) is 3. The zero-order valence-electron chi connectivity index (χ0n) is 13.5. The van der Waals surface area contributed by atoms with Crippen molar-refractivity contribution in [1.82, 2.24) is 10.2 Å². The molecule has 1 aromatic rings. The predicted molar refractivity (Wildman–Crippen MR) is 84.4 cm³/mol. The summed E-state index contributed by atoms with van der Waals surface area (Å²) in [5.41, 5.74) is 1.09. The van der Waals surface area contributed by atoms with E-state index in [0.29, 0.717) is 6.42 Å². The van der Waals surface area contributed by atoms with Crippen LogP contribution >= 0.6 is 0 Å². The van der Waals surface area contributed by atoms with Gasteiger partial charge in [0, 0.05) is 31.6 Å². The lowest BCUT2D eigenvalue weighted by Gasteiger charge is -2.38. The molecular weight excluding hydrogens is 264 g/mol. The summed E-state index contributed by atoms with van der Waals surface area (Å²) in [4.78, 5) is 14.7. The lowest BCUT2D eigenvalue weighted by molar-refractivity contribution is -0.136. The lowest BCUT2D eigenvalue weighted by Crippen LogP contribution is -2.49. The normalized spacial score (nSPS) is 19.4. The second-order valence-electron chi connectivity index (χ2n) is 6.79. The van der Waals surface area contributed by atoms with Crippen molar-refractivity contribution in [3.8, 4) is 5.75 Å². The van der Waals surface area contributed by atoms with E-state index in [9.17, 15) is 4.79 Å². The molecule has 0 saturated carbocycles. The molecular formula is C17H26N2O2. The Bertz CT molecular complexity index is 494. The summed E-state index contributed by atoms with van der Waals surface area (Å²) in [6.07, 6.45) is 0.568. The first-order chi connectivity index (χ1) is 9.92. The molecule has 1 heterocycles. The molecule has 1 N–H and O–H groups in total. The lowest BCUT2D eigenvalue weighted by atomic mass is 9.90. The third-order valence-electron chi connectivity index (χ3n) is 3.74. The van der Waals surface area contributed by atoms with Crippen LogP contribution in [-0.2, 0) is 4.79 Å². The topological polar surface area (TPSA) is 41.6 Å². The van der Waals surface area contributed by atoms with Crippen molar-refractivity contribution in [2.75, 3.05) is 26.7 Å². The van der Waals surface area contributed by atoms with Gasteiger partial charge in [-0.05, 0) is 11.5 Å². The minimum atomic E-state index is 0.00723. The molecule has 0 radical (unpaired) electrons. The summed E-state index contributed by atoms with van der Waals surface area (Å²) >= 11 is 0. The number of rotatable bonds is 3. The van der Waals surface area contributed by atoms with E-state index >= 15 is 0 Å². The van der Waals surface area contributed by atoms with Crippen molar-refractivity contribution in [3.05, 3.63) is 29.8 Å². The average molecular weight is 290 g/mol. The molecule has 1 fully saturated rings. The van der Waals surface area contributed by atoms with Crippen LogP contribution in [-0.4, -0.2) is 37.6 Å². The van der Waals surface area contributed by atoms with E-state index in [2.05, 4.69) is 26.1 Å². The largest absolute Gasteiger partial charge is 0.496 e. The zero-order valence-corrected chi connectivity index (χ0v) is 13.5. The van der Waals surface area contributed by atoms with Crippen LogP contribution in [0.5, 0.6) is 5.75 Å². The molecule has 2 rings (SSSR count). The van der Waals surface area contributed by atoms with Gasteiger partial charge < -0.3 is 15.0 Å². The molecule has 1 saturated heterocycles.